The highest BCUT2D eigenvalue weighted by Gasteiger charge is 2.35. The summed E-state index contributed by atoms with van der Waals surface area (Å²) in [5.74, 6) is -0.253. The first-order chi connectivity index (χ1) is 9.44. The lowest BCUT2D eigenvalue weighted by molar-refractivity contribution is 0.380. The Bertz CT molecular complexity index is 577. The molecule has 0 saturated carbocycles. The Balaban J connectivity index is 2.30. The van der Waals surface area contributed by atoms with Crippen LogP contribution in [0.4, 0.5) is 4.39 Å². The molecule has 1 aliphatic heterocycles. The van der Waals surface area contributed by atoms with E-state index in [0.717, 1.165) is 6.42 Å². The third-order valence-corrected chi connectivity index (χ3v) is 5.76. The van der Waals surface area contributed by atoms with Gasteiger partial charge in [-0.15, -0.1) is 0 Å². The molecule has 0 radical (unpaired) electrons. The Kier molecular flexibility index (Phi) is 5.04. The second-order valence-corrected chi connectivity index (χ2v) is 7.87. The van der Waals surface area contributed by atoms with E-state index in [9.17, 15) is 12.8 Å². The third-order valence-electron chi connectivity index (χ3n) is 3.67. The molecule has 1 saturated heterocycles. The molecule has 1 aliphatic rings. The Morgan fingerprint density at radius 3 is 2.85 bits per heavy atom. The number of sulfone groups is 1. The van der Waals surface area contributed by atoms with Gasteiger partial charge in [-0.25, -0.2) is 12.8 Å². The summed E-state index contributed by atoms with van der Waals surface area (Å²) >= 11 is 5.83. The molecule has 2 atom stereocenters. The lowest BCUT2D eigenvalue weighted by atomic mass is 9.92. The maximum atomic E-state index is 14.2. The minimum absolute atomic E-state index is 0.0756. The van der Waals surface area contributed by atoms with E-state index in [1.54, 1.807) is 12.1 Å². The van der Waals surface area contributed by atoms with Crippen molar-refractivity contribution in [2.75, 3.05) is 18.1 Å². The fourth-order valence-electron chi connectivity index (χ4n) is 2.68. The van der Waals surface area contributed by atoms with Gasteiger partial charge in [0.1, 0.15) is 5.82 Å². The molecule has 0 bridgehead atoms. The number of benzene rings is 1. The second kappa shape index (κ2) is 6.41. The van der Waals surface area contributed by atoms with Crippen molar-refractivity contribution in [3.05, 3.63) is 34.6 Å². The highest BCUT2D eigenvalue weighted by Crippen LogP contribution is 2.34. The van der Waals surface area contributed by atoms with Crippen molar-refractivity contribution in [3.63, 3.8) is 0 Å². The number of rotatable bonds is 5. The number of nitrogens with one attached hydrogen (secondary N) is 1. The van der Waals surface area contributed by atoms with Gasteiger partial charge in [0.05, 0.1) is 16.5 Å². The fourth-order valence-corrected chi connectivity index (χ4v) is 4.70. The molecule has 0 aromatic heterocycles. The van der Waals surface area contributed by atoms with Crippen LogP contribution in [0, 0.1) is 11.7 Å². The van der Waals surface area contributed by atoms with Gasteiger partial charge in [-0.1, -0.05) is 30.7 Å². The van der Waals surface area contributed by atoms with Crippen LogP contribution in [0.2, 0.25) is 5.02 Å². The van der Waals surface area contributed by atoms with E-state index in [-0.39, 0.29) is 28.5 Å². The molecule has 112 valence electrons. The molecule has 0 spiro atoms. The van der Waals surface area contributed by atoms with Crippen molar-refractivity contribution in [1.82, 2.24) is 5.32 Å². The van der Waals surface area contributed by atoms with Crippen LogP contribution in [0.15, 0.2) is 18.2 Å². The van der Waals surface area contributed by atoms with Crippen molar-refractivity contribution in [1.29, 1.82) is 0 Å². The second-order valence-electron chi connectivity index (χ2n) is 5.24. The highest BCUT2D eigenvalue weighted by atomic mass is 35.5. The monoisotopic (exact) mass is 319 g/mol. The Morgan fingerprint density at radius 2 is 2.25 bits per heavy atom. The van der Waals surface area contributed by atoms with Crippen molar-refractivity contribution in [3.8, 4) is 0 Å². The Hall–Kier alpha value is -0.650. The largest absolute Gasteiger partial charge is 0.310 e. The first-order valence-electron chi connectivity index (χ1n) is 6.82. The van der Waals surface area contributed by atoms with Crippen LogP contribution < -0.4 is 5.32 Å². The van der Waals surface area contributed by atoms with Crippen molar-refractivity contribution in [2.45, 2.75) is 25.8 Å². The smallest absolute Gasteiger partial charge is 0.150 e. The van der Waals surface area contributed by atoms with Crippen molar-refractivity contribution < 1.29 is 12.8 Å². The molecule has 2 rings (SSSR count). The van der Waals surface area contributed by atoms with Gasteiger partial charge < -0.3 is 5.32 Å². The maximum Gasteiger partial charge on any atom is 0.150 e. The van der Waals surface area contributed by atoms with Crippen LogP contribution >= 0.6 is 11.6 Å². The standard InChI is InChI=1S/C14H19ClFNO2S/c1-2-7-17-14(10-6-8-20(18,19)9-10)11-4-3-5-12(15)13(11)16/h3-5,10,14,17H,2,6-9H2,1H3. The van der Waals surface area contributed by atoms with Crippen LogP contribution in [0.5, 0.6) is 0 Å². The fraction of sp³-hybridized carbons (Fsp3) is 0.571. The summed E-state index contributed by atoms with van der Waals surface area (Å²) in [6, 6.07) is 4.58. The molecule has 2 unspecified atom stereocenters. The third kappa shape index (κ3) is 3.51. The van der Waals surface area contributed by atoms with Crippen molar-refractivity contribution >= 4 is 21.4 Å². The first-order valence-corrected chi connectivity index (χ1v) is 9.02. The summed E-state index contributed by atoms with van der Waals surface area (Å²) < 4.78 is 37.5. The average Bonchev–Trinajstić information content (AvgIpc) is 2.75. The van der Waals surface area contributed by atoms with Gasteiger partial charge in [-0.3, -0.25) is 0 Å². The van der Waals surface area contributed by atoms with Crippen LogP contribution in [0.1, 0.15) is 31.4 Å². The van der Waals surface area contributed by atoms with E-state index in [4.69, 9.17) is 11.6 Å². The molecular formula is C14H19ClFNO2S. The molecule has 0 amide bonds. The van der Waals surface area contributed by atoms with Crippen LogP contribution in [0.25, 0.3) is 0 Å². The molecule has 0 aliphatic carbocycles. The quantitative estimate of drug-likeness (QED) is 0.907. The number of hydrogen-bond donors (Lipinski definition) is 1. The summed E-state index contributed by atoms with van der Waals surface area (Å²) in [4.78, 5) is 0. The predicted octanol–water partition coefficient (Wildman–Crippen LogP) is 2.95. The van der Waals surface area contributed by atoms with Crippen molar-refractivity contribution in [2.24, 2.45) is 5.92 Å². The maximum absolute atomic E-state index is 14.2. The molecule has 1 fully saturated rings. The highest BCUT2D eigenvalue weighted by molar-refractivity contribution is 7.91. The lowest BCUT2D eigenvalue weighted by Gasteiger charge is -2.25. The van der Waals surface area contributed by atoms with Crippen LogP contribution in [0.3, 0.4) is 0 Å². The molecule has 1 aromatic rings. The van der Waals surface area contributed by atoms with Gasteiger partial charge in [-0.05, 0) is 31.4 Å². The molecule has 1 heterocycles. The minimum atomic E-state index is -2.99. The summed E-state index contributed by atoms with van der Waals surface area (Å²) in [7, 11) is -2.99. The molecule has 1 aromatic carbocycles. The zero-order chi connectivity index (χ0) is 14.8. The van der Waals surface area contributed by atoms with Gasteiger partial charge in [0.15, 0.2) is 9.84 Å². The number of halogens is 2. The topological polar surface area (TPSA) is 46.2 Å². The minimum Gasteiger partial charge on any atom is -0.310 e. The summed E-state index contributed by atoms with van der Waals surface area (Å²) in [6.07, 6.45) is 1.47. The molecule has 6 heteroatoms. The summed E-state index contributed by atoms with van der Waals surface area (Å²) in [5, 5.41) is 3.35. The zero-order valence-corrected chi connectivity index (χ0v) is 13.0. The van der Waals surface area contributed by atoms with E-state index >= 15 is 0 Å². The van der Waals surface area contributed by atoms with E-state index in [1.807, 2.05) is 6.92 Å². The van der Waals surface area contributed by atoms with Crippen LogP contribution in [-0.4, -0.2) is 26.5 Å². The number of hydrogen-bond acceptors (Lipinski definition) is 3. The predicted molar refractivity (Wildman–Crippen MR) is 79.2 cm³/mol. The van der Waals surface area contributed by atoms with Gasteiger partial charge in [0, 0.05) is 11.6 Å². The van der Waals surface area contributed by atoms with E-state index < -0.39 is 15.7 Å². The van der Waals surface area contributed by atoms with E-state index in [1.165, 1.54) is 6.07 Å². The van der Waals surface area contributed by atoms with Gasteiger partial charge >= 0.3 is 0 Å². The van der Waals surface area contributed by atoms with Gasteiger partial charge in [0.2, 0.25) is 0 Å². The Morgan fingerprint density at radius 1 is 1.50 bits per heavy atom. The van der Waals surface area contributed by atoms with Gasteiger partial charge in [-0.2, -0.15) is 0 Å². The lowest BCUT2D eigenvalue weighted by Crippen LogP contribution is -2.30. The Labute approximate surface area is 124 Å². The molecule has 1 N–H and O–H groups in total. The van der Waals surface area contributed by atoms with E-state index in [2.05, 4.69) is 5.32 Å². The average molecular weight is 320 g/mol. The zero-order valence-electron chi connectivity index (χ0n) is 11.4. The van der Waals surface area contributed by atoms with E-state index in [0.29, 0.717) is 18.5 Å². The van der Waals surface area contributed by atoms with Gasteiger partial charge in [0.25, 0.3) is 0 Å². The normalized spacial score (nSPS) is 22.9. The SMILES string of the molecule is CCCNC(c1cccc(Cl)c1F)C1CCS(=O)(=O)C1. The molecule has 20 heavy (non-hydrogen) atoms. The molecule has 3 nitrogen and oxygen atoms in total. The first kappa shape index (κ1) is 15.7. The molecular weight excluding hydrogens is 301 g/mol. The summed E-state index contributed by atoms with van der Waals surface area (Å²) in [5.41, 5.74) is 0.466. The summed E-state index contributed by atoms with van der Waals surface area (Å²) in [6.45, 7) is 2.73. The van der Waals surface area contributed by atoms with Crippen LogP contribution in [-0.2, 0) is 9.84 Å².